The zero-order valence-corrected chi connectivity index (χ0v) is 8.03. The van der Waals surface area contributed by atoms with Gasteiger partial charge in [0.25, 0.3) is 0 Å². The van der Waals surface area contributed by atoms with Gasteiger partial charge in [0.15, 0.2) is 0 Å². The minimum Gasteiger partial charge on any atom is -0.381 e. The van der Waals surface area contributed by atoms with Crippen LogP contribution in [0.1, 0.15) is 13.8 Å². The average molecular weight is 176 g/mol. The van der Waals surface area contributed by atoms with Crippen LogP contribution in [0, 0.1) is 0 Å². The minimum atomic E-state index is 0.137. The van der Waals surface area contributed by atoms with E-state index < -0.39 is 0 Å². The van der Waals surface area contributed by atoms with Crippen molar-refractivity contribution in [1.82, 2.24) is 10.6 Å². The van der Waals surface area contributed by atoms with Crippen LogP contribution in [0.25, 0.3) is 0 Å². The Kier molecular flexibility index (Phi) is 4.47. The third-order valence-electron chi connectivity index (χ3n) is 1.06. The Labute approximate surface area is 72.4 Å². The van der Waals surface area contributed by atoms with Crippen LogP contribution in [-0.2, 0) is 0 Å². The predicted molar refractivity (Wildman–Crippen MR) is 52.5 cm³/mol. The number of rotatable bonds is 2. The molecule has 4 heteroatoms. The molecule has 0 aliphatic heterocycles. The summed E-state index contributed by atoms with van der Waals surface area (Å²) < 4.78 is 0. The lowest BCUT2D eigenvalue weighted by Crippen LogP contribution is -2.40. The molecule has 0 amide bonds. The Balaban J connectivity index is 3.72. The van der Waals surface area contributed by atoms with E-state index >= 15 is 0 Å². The molecule has 0 aliphatic carbocycles. The van der Waals surface area contributed by atoms with Crippen molar-refractivity contribution in [1.29, 1.82) is 0 Å². The largest absolute Gasteiger partial charge is 0.381 e. The third kappa shape index (κ3) is 3.74. The van der Waals surface area contributed by atoms with E-state index in [9.17, 15) is 0 Å². The lowest BCUT2D eigenvalue weighted by molar-refractivity contribution is 0.835. The van der Waals surface area contributed by atoms with Crippen molar-refractivity contribution < 1.29 is 0 Å². The zero-order valence-electron chi connectivity index (χ0n) is 6.39. The second-order valence-electron chi connectivity index (χ2n) is 2.04. The van der Waals surface area contributed by atoms with E-state index in [1.807, 2.05) is 13.8 Å². The van der Waals surface area contributed by atoms with Crippen LogP contribution in [0.2, 0.25) is 0 Å². The third-order valence-corrected chi connectivity index (χ3v) is 1.73. The van der Waals surface area contributed by atoms with Gasteiger partial charge in [-0.15, -0.1) is 0 Å². The molecule has 0 aromatic carbocycles. The molecule has 0 spiro atoms. The van der Waals surface area contributed by atoms with Gasteiger partial charge in [-0.1, -0.05) is 24.4 Å². The summed E-state index contributed by atoms with van der Waals surface area (Å²) in [5.41, 5.74) is 0. The maximum absolute atomic E-state index is 4.96. The summed E-state index contributed by atoms with van der Waals surface area (Å²) in [7, 11) is 1.80. The van der Waals surface area contributed by atoms with E-state index in [0.717, 1.165) is 9.98 Å². The molecule has 0 radical (unpaired) electrons. The van der Waals surface area contributed by atoms with Gasteiger partial charge in [0.1, 0.15) is 0 Å². The van der Waals surface area contributed by atoms with Gasteiger partial charge >= 0.3 is 0 Å². The summed E-state index contributed by atoms with van der Waals surface area (Å²) in [4.78, 5) is 1.55. The summed E-state index contributed by atoms with van der Waals surface area (Å²) in [5.74, 6) is 0. The van der Waals surface area contributed by atoms with E-state index in [0.29, 0.717) is 0 Å². The summed E-state index contributed by atoms with van der Waals surface area (Å²) in [6.07, 6.45) is 0. The fourth-order valence-corrected chi connectivity index (χ4v) is 0.823. The van der Waals surface area contributed by atoms with Gasteiger partial charge in [-0.05, 0) is 13.8 Å². The number of hydrogen-bond donors (Lipinski definition) is 2. The van der Waals surface area contributed by atoms with Gasteiger partial charge in [0.2, 0.25) is 0 Å². The molecule has 0 heterocycles. The van der Waals surface area contributed by atoms with Crippen LogP contribution in [0.15, 0.2) is 0 Å². The highest BCUT2D eigenvalue weighted by atomic mass is 32.1. The Morgan fingerprint density at radius 3 is 2.20 bits per heavy atom. The van der Waals surface area contributed by atoms with E-state index in [1.54, 1.807) is 7.05 Å². The Morgan fingerprint density at radius 2 is 1.90 bits per heavy atom. The Morgan fingerprint density at radius 1 is 1.40 bits per heavy atom. The summed E-state index contributed by atoms with van der Waals surface area (Å²) in [6, 6.07) is 0.137. The molecule has 1 atom stereocenters. The molecule has 0 bridgehead atoms. The second-order valence-corrected chi connectivity index (χ2v) is 3.09. The second kappa shape index (κ2) is 4.57. The van der Waals surface area contributed by atoms with Crippen molar-refractivity contribution >= 4 is 34.4 Å². The standard InChI is InChI=1S/C6H12N2S2/c1-4(6(10)7-3)8-5(2)9/h4H,1-3H3,(H,7,10)(H,8,9)/t4-/m0/s1. The van der Waals surface area contributed by atoms with Crippen molar-refractivity contribution in [2.75, 3.05) is 7.05 Å². The van der Waals surface area contributed by atoms with Crippen LogP contribution in [0.3, 0.4) is 0 Å². The lowest BCUT2D eigenvalue weighted by atomic mass is 10.3. The van der Waals surface area contributed by atoms with E-state index in [1.165, 1.54) is 0 Å². The highest BCUT2D eigenvalue weighted by molar-refractivity contribution is 7.80. The molecular formula is C6H12N2S2. The normalized spacial score (nSPS) is 11.9. The van der Waals surface area contributed by atoms with Crippen LogP contribution in [0.4, 0.5) is 0 Å². The number of hydrogen-bond acceptors (Lipinski definition) is 2. The monoisotopic (exact) mass is 176 g/mol. The van der Waals surface area contributed by atoms with Gasteiger partial charge in [0, 0.05) is 7.05 Å². The average Bonchev–Trinajstić information content (AvgIpc) is 1.85. The quantitative estimate of drug-likeness (QED) is 0.609. The molecule has 0 aliphatic rings. The number of likely N-dealkylation sites (N-methyl/N-ethyl adjacent to an activating group) is 1. The van der Waals surface area contributed by atoms with E-state index in [-0.39, 0.29) is 6.04 Å². The molecule has 0 saturated carbocycles. The molecule has 58 valence electrons. The van der Waals surface area contributed by atoms with Gasteiger partial charge < -0.3 is 10.6 Å². The van der Waals surface area contributed by atoms with Crippen molar-refractivity contribution in [3.8, 4) is 0 Å². The van der Waals surface area contributed by atoms with Crippen LogP contribution >= 0.6 is 24.4 Å². The molecule has 0 aromatic heterocycles. The smallest absolute Gasteiger partial charge is 0.0974 e. The van der Waals surface area contributed by atoms with Crippen molar-refractivity contribution in [2.24, 2.45) is 0 Å². The minimum absolute atomic E-state index is 0.137. The van der Waals surface area contributed by atoms with Crippen LogP contribution in [-0.4, -0.2) is 23.1 Å². The first-order chi connectivity index (χ1) is 4.57. The SMILES string of the molecule is CNC(=S)[C@H](C)NC(C)=S. The maximum atomic E-state index is 4.96. The Hall–Kier alpha value is -0.220. The topological polar surface area (TPSA) is 24.1 Å². The summed E-state index contributed by atoms with van der Waals surface area (Å²) in [6.45, 7) is 3.80. The highest BCUT2D eigenvalue weighted by Gasteiger charge is 2.04. The molecule has 0 aromatic rings. The Bertz CT molecular complexity index is 145. The number of nitrogens with one attached hydrogen (secondary N) is 2. The molecule has 0 saturated heterocycles. The lowest BCUT2D eigenvalue weighted by Gasteiger charge is -2.14. The van der Waals surface area contributed by atoms with Crippen molar-refractivity contribution in [2.45, 2.75) is 19.9 Å². The molecule has 0 rings (SSSR count). The molecule has 10 heavy (non-hydrogen) atoms. The zero-order chi connectivity index (χ0) is 8.15. The first-order valence-electron chi connectivity index (χ1n) is 3.06. The molecular weight excluding hydrogens is 164 g/mol. The van der Waals surface area contributed by atoms with Gasteiger partial charge in [-0.25, -0.2) is 0 Å². The van der Waals surface area contributed by atoms with Crippen LogP contribution in [0.5, 0.6) is 0 Å². The highest BCUT2D eigenvalue weighted by Crippen LogP contribution is 1.84. The molecule has 0 unspecified atom stereocenters. The number of thiocarbonyl (C=S) groups is 2. The maximum Gasteiger partial charge on any atom is 0.0974 e. The van der Waals surface area contributed by atoms with Gasteiger partial charge in [-0.3, -0.25) is 0 Å². The van der Waals surface area contributed by atoms with Gasteiger partial charge in [-0.2, -0.15) is 0 Å². The molecule has 2 nitrogen and oxygen atoms in total. The fraction of sp³-hybridized carbons (Fsp3) is 0.667. The van der Waals surface area contributed by atoms with E-state index in [4.69, 9.17) is 24.4 Å². The molecule has 0 fully saturated rings. The van der Waals surface area contributed by atoms with Gasteiger partial charge in [0.05, 0.1) is 16.0 Å². The van der Waals surface area contributed by atoms with Crippen molar-refractivity contribution in [3.05, 3.63) is 0 Å². The summed E-state index contributed by atoms with van der Waals surface area (Å²) in [5, 5.41) is 5.90. The first-order valence-corrected chi connectivity index (χ1v) is 3.88. The molecule has 2 N–H and O–H groups in total. The summed E-state index contributed by atoms with van der Waals surface area (Å²) >= 11 is 9.80. The fourth-order valence-electron chi connectivity index (χ4n) is 0.587. The van der Waals surface area contributed by atoms with Crippen LogP contribution < -0.4 is 10.6 Å². The van der Waals surface area contributed by atoms with E-state index in [2.05, 4.69) is 10.6 Å². The van der Waals surface area contributed by atoms with Crippen molar-refractivity contribution in [3.63, 3.8) is 0 Å². The predicted octanol–water partition coefficient (Wildman–Crippen LogP) is 0.859. The first kappa shape index (κ1) is 9.78.